The SMILES string of the molecule is O=C(Cn1cnc2ccccc2c1=O)NCCc1noc([C@H]2CCCO2)n1. The van der Waals surface area contributed by atoms with E-state index in [2.05, 4.69) is 20.4 Å². The molecule has 0 saturated carbocycles. The van der Waals surface area contributed by atoms with E-state index >= 15 is 0 Å². The lowest BCUT2D eigenvalue weighted by molar-refractivity contribution is -0.121. The average Bonchev–Trinajstić information content (AvgIpc) is 3.36. The summed E-state index contributed by atoms with van der Waals surface area (Å²) in [5, 5.41) is 7.15. The van der Waals surface area contributed by atoms with Crippen molar-refractivity contribution in [3.8, 4) is 0 Å². The van der Waals surface area contributed by atoms with E-state index in [-0.39, 0.29) is 24.1 Å². The number of para-hydroxylation sites is 1. The zero-order valence-electron chi connectivity index (χ0n) is 14.6. The van der Waals surface area contributed by atoms with E-state index in [4.69, 9.17) is 9.26 Å². The highest BCUT2D eigenvalue weighted by atomic mass is 16.5. The van der Waals surface area contributed by atoms with Crippen LogP contribution in [-0.2, 0) is 22.5 Å². The van der Waals surface area contributed by atoms with Gasteiger partial charge in [-0.25, -0.2) is 4.98 Å². The largest absolute Gasteiger partial charge is 0.368 e. The average molecular weight is 369 g/mol. The Balaban J connectivity index is 1.31. The zero-order chi connectivity index (χ0) is 18.6. The molecule has 1 aliphatic rings. The number of nitrogens with zero attached hydrogens (tertiary/aromatic N) is 4. The van der Waals surface area contributed by atoms with E-state index in [0.717, 1.165) is 12.8 Å². The van der Waals surface area contributed by atoms with Gasteiger partial charge in [0.05, 0.1) is 17.2 Å². The molecule has 1 amide bonds. The number of nitrogens with one attached hydrogen (secondary N) is 1. The second-order valence-corrected chi connectivity index (χ2v) is 6.35. The Labute approximate surface area is 154 Å². The van der Waals surface area contributed by atoms with E-state index in [1.165, 1.54) is 10.9 Å². The van der Waals surface area contributed by atoms with Crippen molar-refractivity contribution in [2.75, 3.05) is 13.2 Å². The molecule has 1 aliphatic heterocycles. The molecule has 0 aliphatic carbocycles. The Morgan fingerprint density at radius 3 is 3.07 bits per heavy atom. The first-order valence-electron chi connectivity index (χ1n) is 8.85. The minimum Gasteiger partial charge on any atom is -0.368 e. The van der Waals surface area contributed by atoms with Gasteiger partial charge in [-0.05, 0) is 25.0 Å². The molecule has 0 radical (unpaired) electrons. The maximum atomic E-state index is 12.4. The van der Waals surface area contributed by atoms with Gasteiger partial charge in [0.1, 0.15) is 12.6 Å². The van der Waals surface area contributed by atoms with E-state index in [9.17, 15) is 9.59 Å². The Bertz CT molecular complexity index is 1010. The Kier molecular flexibility index (Phi) is 4.93. The van der Waals surface area contributed by atoms with Crippen LogP contribution < -0.4 is 10.9 Å². The number of fused-ring (bicyclic) bond motifs is 1. The standard InChI is InChI=1S/C18H19N5O4/c24-16(10-23-11-20-13-5-2-1-4-12(13)18(23)25)19-8-7-15-21-17(27-22-15)14-6-3-9-26-14/h1-2,4-5,11,14H,3,6-10H2,(H,19,24)/t14-/m1/s1. The van der Waals surface area contributed by atoms with Crippen LogP contribution in [0.4, 0.5) is 0 Å². The fourth-order valence-corrected chi connectivity index (χ4v) is 3.02. The fourth-order valence-electron chi connectivity index (χ4n) is 3.02. The number of amides is 1. The molecule has 0 spiro atoms. The number of hydrogen-bond donors (Lipinski definition) is 1. The van der Waals surface area contributed by atoms with Crippen LogP contribution in [-0.4, -0.2) is 38.8 Å². The number of hydrogen-bond acceptors (Lipinski definition) is 7. The van der Waals surface area contributed by atoms with Gasteiger partial charge in [0.25, 0.3) is 11.4 Å². The molecule has 1 N–H and O–H groups in total. The monoisotopic (exact) mass is 369 g/mol. The second kappa shape index (κ2) is 7.67. The molecule has 3 heterocycles. The molecule has 1 fully saturated rings. The van der Waals surface area contributed by atoms with Crippen molar-refractivity contribution in [2.45, 2.75) is 31.9 Å². The van der Waals surface area contributed by atoms with Gasteiger partial charge >= 0.3 is 0 Å². The fraction of sp³-hybridized carbons (Fsp3) is 0.389. The highest BCUT2D eigenvalue weighted by molar-refractivity contribution is 5.78. The quantitative estimate of drug-likeness (QED) is 0.689. The van der Waals surface area contributed by atoms with Crippen molar-refractivity contribution < 1.29 is 14.1 Å². The van der Waals surface area contributed by atoms with Crippen molar-refractivity contribution in [1.82, 2.24) is 25.0 Å². The molecule has 9 nitrogen and oxygen atoms in total. The molecule has 140 valence electrons. The molecule has 1 atom stereocenters. The minimum atomic E-state index is -0.281. The van der Waals surface area contributed by atoms with Gasteiger partial charge in [0.2, 0.25) is 5.91 Å². The van der Waals surface area contributed by atoms with E-state index in [0.29, 0.717) is 42.2 Å². The van der Waals surface area contributed by atoms with E-state index in [1.807, 2.05) is 6.07 Å². The first-order valence-corrected chi connectivity index (χ1v) is 8.85. The molecule has 1 saturated heterocycles. The van der Waals surface area contributed by atoms with Crippen molar-refractivity contribution in [1.29, 1.82) is 0 Å². The lowest BCUT2D eigenvalue weighted by atomic mass is 10.2. The molecular weight excluding hydrogens is 350 g/mol. The first-order chi connectivity index (χ1) is 13.2. The van der Waals surface area contributed by atoms with Crippen LogP contribution in [0.2, 0.25) is 0 Å². The van der Waals surface area contributed by atoms with Crippen LogP contribution in [0.5, 0.6) is 0 Å². The first kappa shape index (κ1) is 17.3. The van der Waals surface area contributed by atoms with E-state index in [1.54, 1.807) is 18.2 Å². The third kappa shape index (κ3) is 3.87. The molecule has 4 rings (SSSR count). The summed E-state index contributed by atoms with van der Waals surface area (Å²) < 4.78 is 12.0. The molecule has 27 heavy (non-hydrogen) atoms. The number of benzene rings is 1. The van der Waals surface area contributed by atoms with Crippen molar-refractivity contribution in [3.63, 3.8) is 0 Å². The lowest BCUT2D eigenvalue weighted by Gasteiger charge is -2.07. The summed E-state index contributed by atoms with van der Waals surface area (Å²) in [4.78, 5) is 33.0. The summed E-state index contributed by atoms with van der Waals surface area (Å²) >= 11 is 0. The van der Waals surface area contributed by atoms with Gasteiger partial charge in [-0.1, -0.05) is 17.3 Å². The molecule has 9 heteroatoms. The van der Waals surface area contributed by atoms with Crippen LogP contribution in [0, 0.1) is 0 Å². The van der Waals surface area contributed by atoms with Gasteiger partial charge in [-0.2, -0.15) is 4.98 Å². The van der Waals surface area contributed by atoms with Crippen molar-refractivity contribution >= 4 is 16.8 Å². The maximum Gasteiger partial charge on any atom is 0.261 e. The zero-order valence-corrected chi connectivity index (χ0v) is 14.6. The second-order valence-electron chi connectivity index (χ2n) is 6.35. The van der Waals surface area contributed by atoms with Crippen LogP contribution >= 0.6 is 0 Å². The van der Waals surface area contributed by atoms with Crippen LogP contribution in [0.25, 0.3) is 10.9 Å². The summed E-state index contributed by atoms with van der Waals surface area (Å²) in [6, 6.07) is 7.04. The van der Waals surface area contributed by atoms with Crippen LogP contribution in [0.1, 0.15) is 30.7 Å². The van der Waals surface area contributed by atoms with Gasteiger partial charge < -0.3 is 14.6 Å². The molecule has 3 aromatic rings. The Morgan fingerprint density at radius 2 is 2.22 bits per heavy atom. The van der Waals surface area contributed by atoms with Gasteiger partial charge in [0.15, 0.2) is 5.82 Å². The summed E-state index contributed by atoms with van der Waals surface area (Å²) in [7, 11) is 0. The third-order valence-electron chi connectivity index (χ3n) is 4.41. The topological polar surface area (TPSA) is 112 Å². The van der Waals surface area contributed by atoms with Gasteiger partial charge in [-0.3, -0.25) is 14.2 Å². The molecule has 0 unspecified atom stereocenters. The van der Waals surface area contributed by atoms with Crippen molar-refractivity contribution in [2.24, 2.45) is 0 Å². The number of carbonyl (C=O) groups is 1. The maximum absolute atomic E-state index is 12.4. The van der Waals surface area contributed by atoms with Crippen LogP contribution in [0.3, 0.4) is 0 Å². The van der Waals surface area contributed by atoms with Gasteiger partial charge in [-0.15, -0.1) is 0 Å². The lowest BCUT2D eigenvalue weighted by Crippen LogP contribution is -2.33. The number of carbonyl (C=O) groups excluding carboxylic acids is 1. The molecule has 2 aromatic heterocycles. The number of aromatic nitrogens is 4. The smallest absolute Gasteiger partial charge is 0.261 e. The Morgan fingerprint density at radius 1 is 1.33 bits per heavy atom. The predicted molar refractivity (Wildman–Crippen MR) is 94.9 cm³/mol. The minimum absolute atomic E-state index is 0.0932. The molecular formula is C18H19N5O4. The molecule has 0 bridgehead atoms. The third-order valence-corrected chi connectivity index (χ3v) is 4.41. The summed E-state index contributed by atoms with van der Waals surface area (Å²) in [5.74, 6) is 0.727. The normalized spacial score (nSPS) is 16.7. The Hall–Kier alpha value is -3.07. The number of rotatable bonds is 6. The predicted octanol–water partition coefficient (Wildman–Crippen LogP) is 0.990. The molecule has 1 aromatic carbocycles. The van der Waals surface area contributed by atoms with Gasteiger partial charge in [0, 0.05) is 19.6 Å². The highest BCUT2D eigenvalue weighted by Crippen LogP contribution is 2.26. The van der Waals surface area contributed by atoms with Crippen molar-refractivity contribution in [3.05, 3.63) is 52.7 Å². The summed E-state index contributed by atoms with van der Waals surface area (Å²) in [5.41, 5.74) is 0.369. The highest BCUT2D eigenvalue weighted by Gasteiger charge is 2.23. The van der Waals surface area contributed by atoms with Crippen LogP contribution in [0.15, 0.2) is 39.9 Å². The summed E-state index contributed by atoms with van der Waals surface area (Å²) in [6.07, 6.45) is 3.58. The number of ether oxygens (including phenoxy) is 1. The summed E-state index contributed by atoms with van der Waals surface area (Å²) in [6.45, 7) is 0.963. The van der Waals surface area contributed by atoms with E-state index < -0.39 is 0 Å².